The van der Waals surface area contributed by atoms with Gasteiger partial charge < -0.3 is 15.2 Å². The number of amides is 1. The molecule has 2 aliphatic heterocycles. The molecule has 0 aromatic carbocycles. The minimum atomic E-state index is -1.08. The van der Waals surface area contributed by atoms with E-state index in [9.17, 15) is 14.7 Å². The Balaban J connectivity index is 1.84. The van der Waals surface area contributed by atoms with Gasteiger partial charge in [0.1, 0.15) is 5.92 Å². The van der Waals surface area contributed by atoms with Crippen LogP contribution in [0.3, 0.4) is 0 Å². The van der Waals surface area contributed by atoms with Crippen LogP contribution in [0.5, 0.6) is 0 Å². The number of hydrogen-bond acceptors (Lipinski definition) is 4. The van der Waals surface area contributed by atoms with Gasteiger partial charge in [0.2, 0.25) is 5.91 Å². The molecule has 0 aliphatic carbocycles. The minimum absolute atomic E-state index is 0.0438. The summed E-state index contributed by atoms with van der Waals surface area (Å²) in [6, 6.07) is 0.526. The van der Waals surface area contributed by atoms with Crippen LogP contribution in [0.25, 0.3) is 0 Å². The first kappa shape index (κ1) is 16.2. The van der Waals surface area contributed by atoms with Gasteiger partial charge in [-0.05, 0) is 24.8 Å². The van der Waals surface area contributed by atoms with Gasteiger partial charge in [-0.25, -0.2) is 0 Å². The molecule has 0 aromatic heterocycles. The highest BCUT2D eigenvalue weighted by atomic mass is 16.5. The first-order valence-corrected chi connectivity index (χ1v) is 7.65. The van der Waals surface area contributed by atoms with E-state index < -0.39 is 23.2 Å². The number of aliphatic carboxylic acids is 1. The summed E-state index contributed by atoms with van der Waals surface area (Å²) in [5.41, 5.74) is -0.608. The van der Waals surface area contributed by atoms with Crippen LogP contribution in [0, 0.1) is 11.3 Å². The molecule has 2 rings (SSSR count). The van der Waals surface area contributed by atoms with Crippen molar-refractivity contribution < 1.29 is 19.4 Å². The summed E-state index contributed by atoms with van der Waals surface area (Å²) in [5.74, 6) is -2.55. The molecule has 2 aliphatic rings. The molecule has 3 atom stereocenters. The molecule has 0 radical (unpaired) electrons. The maximum Gasteiger partial charge on any atom is 0.316 e. The van der Waals surface area contributed by atoms with E-state index in [2.05, 4.69) is 10.2 Å². The van der Waals surface area contributed by atoms with E-state index in [4.69, 9.17) is 4.74 Å². The van der Waals surface area contributed by atoms with Crippen LogP contribution in [0.15, 0.2) is 0 Å². The van der Waals surface area contributed by atoms with Crippen LogP contribution in [-0.2, 0) is 14.3 Å². The average molecular weight is 298 g/mol. The summed E-state index contributed by atoms with van der Waals surface area (Å²) < 4.78 is 5.76. The summed E-state index contributed by atoms with van der Waals surface area (Å²) in [7, 11) is 0. The van der Waals surface area contributed by atoms with Crippen LogP contribution >= 0.6 is 0 Å². The van der Waals surface area contributed by atoms with Gasteiger partial charge >= 0.3 is 5.97 Å². The summed E-state index contributed by atoms with van der Waals surface area (Å²) >= 11 is 0. The van der Waals surface area contributed by atoms with Crippen molar-refractivity contribution in [2.24, 2.45) is 11.3 Å². The molecular formula is C15H26N2O4. The Kier molecular flexibility index (Phi) is 4.88. The van der Waals surface area contributed by atoms with Crippen molar-refractivity contribution in [2.75, 3.05) is 26.2 Å². The standard InChI is InChI=1S/C15H26N2O4/c1-15(2,3)12(14(19)20)13(18)16-7-11-8-17-6-4-5-10(17)9-21-11/h10-12H,4-9H2,1-3H3,(H,16,18)(H,19,20). The molecule has 0 spiro atoms. The van der Waals surface area contributed by atoms with Crippen LogP contribution < -0.4 is 5.32 Å². The zero-order chi connectivity index (χ0) is 15.6. The number of ether oxygens (including phenoxy) is 1. The smallest absolute Gasteiger partial charge is 0.316 e. The van der Waals surface area contributed by atoms with E-state index in [1.165, 1.54) is 12.8 Å². The second kappa shape index (κ2) is 6.32. The third kappa shape index (κ3) is 3.95. The number of morpholine rings is 1. The summed E-state index contributed by atoms with van der Waals surface area (Å²) in [5, 5.41) is 12.0. The van der Waals surface area contributed by atoms with E-state index in [1.807, 2.05) is 0 Å². The largest absolute Gasteiger partial charge is 0.481 e. The van der Waals surface area contributed by atoms with Crippen molar-refractivity contribution in [3.05, 3.63) is 0 Å². The van der Waals surface area contributed by atoms with Gasteiger partial charge in [-0.2, -0.15) is 0 Å². The fourth-order valence-corrected chi connectivity index (χ4v) is 3.20. The second-order valence-corrected chi connectivity index (χ2v) is 7.13. The Morgan fingerprint density at radius 3 is 2.76 bits per heavy atom. The molecule has 1 amide bonds. The molecule has 0 aromatic rings. The molecule has 2 heterocycles. The minimum Gasteiger partial charge on any atom is -0.481 e. The Morgan fingerprint density at radius 2 is 2.14 bits per heavy atom. The summed E-state index contributed by atoms with van der Waals surface area (Å²) in [4.78, 5) is 25.8. The number of hydrogen-bond donors (Lipinski definition) is 2. The first-order chi connectivity index (χ1) is 9.79. The molecule has 2 saturated heterocycles. The Hall–Kier alpha value is -1.14. The van der Waals surface area contributed by atoms with E-state index in [0.29, 0.717) is 19.2 Å². The van der Waals surface area contributed by atoms with Gasteiger partial charge in [-0.15, -0.1) is 0 Å². The lowest BCUT2D eigenvalue weighted by Crippen LogP contribution is -2.51. The van der Waals surface area contributed by atoms with Gasteiger partial charge in [-0.3, -0.25) is 14.5 Å². The molecule has 21 heavy (non-hydrogen) atoms. The Labute approximate surface area is 125 Å². The number of nitrogens with zero attached hydrogens (tertiary/aromatic N) is 1. The van der Waals surface area contributed by atoms with Crippen LogP contribution in [0.1, 0.15) is 33.6 Å². The van der Waals surface area contributed by atoms with Crippen molar-refractivity contribution in [2.45, 2.75) is 45.8 Å². The van der Waals surface area contributed by atoms with Crippen molar-refractivity contribution in [1.82, 2.24) is 10.2 Å². The fraction of sp³-hybridized carbons (Fsp3) is 0.867. The third-order valence-corrected chi connectivity index (χ3v) is 4.34. The lowest BCUT2D eigenvalue weighted by molar-refractivity contribution is -0.152. The average Bonchev–Trinajstić information content (AvgIpc) is 2.81. The number of carboxylic acids is 1. The van der Waals surface area contributed by atoms with E-state index in [0.717, 1.165) is 13.1 Å². The van der Waals surface area contributed by atoms with Gasteiger partial charge in [0, 0.05) is 19.1 Å². The molecule has 120 valence electrons. The van der Waals surface area contributed by atoms with Gasteiger partial charge in [0.15, 0.2) is 0 Å². The highest BCUT2D eigenvalue weighted by Crippen LogP contribution is 2.26. The number of fused-ring (bicyclic) bond motifs is 1. The van der Waals surface area contributed by atoms with Gasteiger partial charge in [0.25, 0.3) is 0 Å². The molecular weight excluding hydrogens is 272 g/mol. The quantitative estimate of drug-likeness (QED) is 0.747. The number of carboxylic acid groups (broad SMARTS) is 1. The van der Waals surface area contributed by atoms with E-state index in [1.54, 1.807) is 20.8 Å². The molecule has 6 nitrogen and oxygen atoms in total. The SMILES string of the molecule is CC(C)(C)C(C(=O)O)C(=O)NCC1CN2CCCC2CO1. The van der Waals surface area contributed by atoms with Crippen molar-refractivity contribution in [1.29, 1.82) is 0 Å². The molecule has 3 unspecified atom stereocenters. The lowest BCUT2D eigenvalue weighted by atomic mass is 9.80. The van der Waals surface area contributed by atoms with Crippen LogP contribution in [-0.4, -0.2) is 60.3 Å². The lowest BCUT2D eigenvalue weighted by Gasteiger charge is -2.35. The Morgan fingerprint density at radius 1 is 1.43 bits per heavy atom. The second-order valence-electron chi connectivity index (χ2n) is 7.13. The van der Waals surface area contributed by atoms with Crippen LogP contribution in [0.4, 0.5) is 0 Å². The predicted octanol–water partition coefficient (Wildman–Crippen LogP) is 0.713. The molecule has 6 heteroatoms. The third-order valence-electron chi connectivity index (χ3n) is 4.34. The molecule has 0 bridgehead atoms. The van der Waals surface area contributed by atoms with E-state index in [-0.39, 0.29) is 6.10 Å². The van der Waals surface area contributed by atoms with Crippen molar-refractivity contribution >= 4 is 11.9 Å². The highest BCUT2D eigenvalue weighted by molar-refractivity contribution is 5.97. The molecule has 2 fully saturated rings. The van der Waals surface area contributed by atoms with Crippen molar-refractivity contribution in [3.8, 4) is 0 Å². The summed E-state index contributed by atoms with van der Waals surface area (Å²) in [6.45, 7) is 8.28. The fourth-order valence-electron chi connectivity index (χ4n) is 3.20. The zero-order valence-electron chi connectivity index (χ0n) is 13.1. The number of rotatable bonds is 4. The van der Waals surface area contributed by atoms with Gasteiger partial charge in [0.05, 0.1) is 12.7 Å². The zero-order valence-corrected chi connectivity index (χ0v) is 13.1. The number of carbonyl (C=O) groups excluding carboxylic acids is 1. The number of carbonyl (C=O) groups is 2. The van der Waals surface area contributed by atoms with E-state index >= 15 is 0 Å². The Bertz CT molecular complexity index is 405. The maximum absolute atomic E-state index is 12.1. The topological polar surface area (TPSA) is 78.9 Å². The molecule has 0 saturated carbocycles. The normalized spacial score (nSPS) is 28.0. The highest BCUT2D eigenvalue weighted by Gasteiger charge is 2.38. The number of nitrogens with one attached hydrogen (secondary N) is 1. The maximum atomic E-state index is 12.1. The summed E-state index contributed by atoms with van der Waals surface area (Å²) in [6.07, 6.45) is 2.35. The first-order valence-electron chi connectivity index (χ1n) is 7.65. The molecule has 2 N–H and O–H groups in total. The predicted molar refractivity (Wildman–Crippen MR) is 77.9 cm³/mol. The van der Waals surface area contributed by atoms with Crippen LogP contribution in [0.2, 0.25) is 0 Å². The van der Waals surface area contributed by atoms with Crippen molar-refractivity contribution in [3.63, 3.8) is 0 Å². The van der Waals surface area contributed by atoms with Gasteiger partial charge in [-0.1, -0.05) is 20.8 Å². The monoisotopic (exact) mass is 298 g/mol.